The molecule has 3 heterocycles. The molecule has 2 saturated heterocycles. The molecule has 0 unspecified atom stereocenters. The molecule has 1 spiro atoms. The molecule has 132 valence electrons. The van der Waals surface area contributed by atoms with Crippen LogP contribution in [0, 0.1) is 5.41 Å². The van der Waals surface area contributed by atoms with Crippen molar-refractivity contribution in [3.05, 3.63) is 11.9 Å². The molecule has 1 amide bonds. The van der Waals surface area contributed by atoms with Crippen molar-refractivity contribution in [3.63, 3.8) is 0 Å². The van der Waals surface area contributed by atoms with E-state index in [-0.39, 0.29) is 24.8 Å². The van der Waals surface area contributed by atoms with Gasteiger partial charge in [-0.05, 0) is 44.0 Å². The number of hydrogen-bond acceptors (Lipinski definition) is 4. The Morgan fingerprint density at radius 3 is 2.61 bits per heavy atom. The summed E-state index contributed by atoms with van der Waals surface area (Å²) in [6.45, 7) is 3.78. The third-order valence-corrected chi connectivity index (χ3v) is 5.73. The minimum atomic E-state index is 0. The first kappa shape index (κ1) is 20.6. The Bertz CT molecular complexity index is 532. The smallest absolute Gasteiger partial charge is 0.222 e. The summed E-state index contributed by atoms with van der Waals surface area (Å²) in [5.41, 5.74) is 1.47. The van der Waals surface area contributed by atoms with Crippen LogP contribution in [0.4, 0.5) is 0 Å². The molecule has 3 rings (SSSR count). The molecule has 5 nitrogen and oxygen atoms in total. The number of thioether (sulfide) groups is 1. The molecule has 1 N–H and O–H groups in total. The Hall–Kier alpha value is -0.430. The highest BCUT2D eigenvalue weighted by Crippen LogP contribution is 2.38. The second-order valence-corrected chi connectivity index (χ2v) is 7.07. The predicted molar refractivity (Wildman–Crippen MR) is 98.7 cm³/mol. The number of nitrogens with zero attached hydrogens (tertiary/aromatic N) is 3. The van der Waals surface area contributed by atoms with E-state index < -0.39 is 0 Å². The maximum Gasteiger partial charge on any atom is 0.222 e. The van der Waals surface area contributed by atoms with Gasteiger partial charge in [-0.15, -0.1) is 24.8 Å². The number of likely N-dealkylation sites (tertiary alicyclic amines) is 1. The number of piperidine rings is 2. The fraction of sp³-hybridized carbons (Fsp3) is 0.733. The number of aromatic nitrogens is 2. The van der Waals surface area contributed by atoms with Gasteiger partial charge in [-0.1, -0.05) is 11.8 Å². The van der Waals surface area contributed by atoms with E-state index in [2.05, 4.69) is 19.8 Å². The molecule has 0 radical (unpaired) electrons. The summed E-state index contributed by atoms with van der Waals surface area (Å²) in [5, 5.41) is 4.44. The summed E-state index contributed by atoms with van der Waals surface area (Å²) < 4.78 is 2.10. The van der Waals surface area contributed by atoms with E-state index in [4.69, 9.17) is 0 Å². The van der Waals surface area contributed by atoms with Crippen LogP contribution in [0.5, 0.6) is 0 Å². The maximum atomic E-state index is 12.3. The van der Waals surface area contributed by atoms with E-state index in [1.54, 1.807) is 11.8 Å². The Morgan fingerprint density at radius 2 is 2.00 bits per heavy atom. The minimum Gasteiger partial charge on any atom is -0.336 e. The van der Waals surface area contributed by atoms with E-state index in [1.807, 2.05) is 19.5 Å². The summed E-state index contributed by atoms with van der Waals surface area (Å²) in [6, 6.07) is 0. The van der Waals surface area contributed by atoms with Crippen molar-refractivity contribution >= 4 is 42.5 Å². The summed E-state index contributed by atoms with van der Waals surface area (Å²) >= 11 is 1.64. The van der Waals surface area contributed by atoms with Gasteiger partial charge < -0.3 is 14.8 Å². The number of carbonyl (C=O) groups is 1. The second-order valence-electron chi connectivity index (χ2n) is 6.30. The highest BCUT2D eigenvalue weighted by Gasteiger charge is 2.39. The lowest BCUT2D eigenvalue weighted by Crippen LogP contribution is -2.50. The monoisotopic (exact) mass is 380 g/mol. The lowest BCUT2D eigenvalue weighted by Gasteiger charge is -2.45. The SMILES string of the molecule is CSc1ncc(CN2CC3(CCNCC3)CCC2=O)n1C.Cl.Cl. The summed E-state index contributed by atoms with van der Waals surface area (Å²) in [5.74, 6) is 0.297. The van der Waals surface area contributed by atoms with Gasteiger partial charge in [0, 0.05) is 20.0 Å². The van der Waals surface area contributed by atoms with Crippen LogP contribution in [0.25, 0.3) is 0 Å². The quantitative estimate of drug-likeness (QED) is 0.818. The van der Waals surface area contributed by atoms with Crippen LogP contribution in [-0.4, -0.2) is 46.2 Å². The molecular weight excluding hydrogens is 355 g/mol. The van der Waals surface area contributed by atoms with Gasteiger partial charge in [0.25, 0.3) is 0 Å². The van der Waals surface area contributed by atoms with Crippen LogP contribution in [-0.2, 0) is 18.4 Å². The van der Waals surface area contributed by atoms with Crippen molar-refractivity contribution in [2.24, 2.45) is 12.5 Å². The number of halogens is 2. The average molecular weight is 381 g/mol. The van der Waals surface area contributed by atoms with Crippen molar-refractivity contribution < 1.29 is 4.79 Å². The largest absolute Gasteiger partial charge is 0.336 e. The number of carbonyl (C=O) groups excluding carboxylic acids is 1. The van der Waals surface area contributed by atoms with Gasteiger partial charge in [0.05, 0.1) is 18.4 Å². The van der Waals surface area contributed by atoms with Gasteiger partial charge in [0.1, 0.15) is 0 Å². The fourth-order valence-corrected chi connectivity index (χ4v) is 4.12. The lowest BCUT2D eigenvalue weighted by atomic mass is 9.73. The number of rotatable bonds is 3. The molecule has 8 heteroatoms. The van der Waals surface area contributed by atoms with Gasteiger partial charge in [-0.25, -0.2) is 4.98 Å². The van der Waals surface area contributed by atoms with Gasteiger partial charge in [-0.2, -0.15) is 0 Å². The van der Waals surface area contributed by atoms with Crippen molar-refractivity contribution in [2.45, 2.75) is 37.4 Å². The molecule has 0 atom stereocenters. The average Bonchev–Trinajstić information content (AvgIpc) is 2.85. The van der Waals surface area contributed by atoms with Gasteiger partial charge in [-0.3, -0.25) is 4.79 Å². The highest BCUT2D eigenvalue weighted by molar-refractivity contribution is 7.98. The topological polar surface area (TPSA) is 50.2 Å². The zero-order chi connectivity index (χ0) is 14.9. The van der Waals surface area contributed by atoms with Crippen LogP contribution in [0.15, 0.2) is 11.4 Å². The molecule has 0 bridgehead atoms. The molecular formula is C15H26Cl2N4OS. The normalized spacial score (nSPS) is 20.1. The van der Waals surface area contributed by atoms with E-state index in [0.29, 0.717) is 24.3 Å². The van der Waals surface area contributed by atoms with E-state index in [9.17, 15) is 4.79 Å². The van der Waals surface area contributed by atoms with Gasteiger partial charge >= 0.3 is 0 Å². The van der Waals surface area contributed by atoms with Crippen LogP contribution in [0.2, 0.25) is 0 Å². The molecule has 2 aliphatic rings. The molecule has 0 aromatic carbocycles. The number of hydrogen-bond donors (Lipinski definition) is 1. The Labute approximate surface area is 154 Å². The number of nitrogens with one attached hydrogen (secondary N) is 1. The van der Waals surface area contributed by atoms with Gasteiger partial charge in [0.15, 0.2) is 5.16 Å². The van der Waals surface area contributed by atoms with E-state index >= 15 is 0 Å². The van der Waals surface area contributed by atoms with Crippen LogP contribution >= 0.6 is 36.6 Å². The van der Waals surface area contributed by atoms with E-state index in [0.717, 1.165) is 36.9 Å². The molecule has 1 aromatic heterocycles. The zero-order valence-electron chi connectivity index (χ0n) is 13.7. The summed E-state index contributed by atoms with van der Waals surface area (Å²) in [4.78, 5) is 18.7. The molecule has 2 aliphatic heterocycles. The van der Waals surface area contributed by atoms with Crippen molar-refractivity contribution in [1.29, 1.82) is 0 Å². The zero-order valence-corrected chi connectivity index (χ0v) is 16.2. The minimum absolute atomic E-state index is 0. The van der Waals surface area contributed by atoms with Crippen molar-refractivity contribution in [3.8, 4) is 0 Å². The maximum absolute atomic E-state index is 12.3. The fourth-order valence-electron chi connectivity index (χ4n) is 3.57. The highest BCUT2D eigenvalue weighted by atomic mass is 35.5. The first-order valence-electron chi connectivity index (χ1n) is 7.67. The number of imidazole rings is 1. The van der Waals surface area contributed by atoms with E-state index in [1.165, 1.54) is 12.8 Å². The van der Waals surface area contributed by atoms with Crippen LogP contribution in [0.1, 0.15) is 31.4 Å². The molecule has 1 aromatic rings. The lowest BCUT2D eigenvalue weighted by molar-refractivity contribution is -0.139. The Morgan fingerprint density at radius 1 is 1.30 bits per heavy atom. The van der Waals surface area contributed by atoms with Crippen LogP contribution < -0.4 is 5.32 Å². The third-order valence-electron chi connectivity index (χ3n) is 4.99. The molecule has 2 fully saturated rings. The Kier molecular flexibility index (Phi) is 7.71. The first-order valence-corrected chi connectivity index (χ1v) is 8.89. The van der Waals surface area contributed by atoms with Crippen LogP contribution in [0.3, 0.4) is 0 Å². The Balaban J connectivity index is 0.00000132. The second kappa shape index (κ2) is 8.60. The van der Waals surface area contributed by atoms with Gasteiger partial charge in [0.2, 0.25) is 5.91 Å². The third kappa shape index (κ3) is 4.35. The molecule has 0 saturated carbocycles. The molecule has 0 aliphatic carbocycles. The predicted octanol–water partition coefficient (Wildman–Crippen LogP) is 2.48. The summed E-state index contributed by atoms with van der Waals surface area (Å²) in [7, 11) is 2.03. The summed E-state index contributed by atoms with van der Waals surface area (Å²) in [6.07, 6.45) is 8.08. The number of amides is 1. The molecule has 23 heavy (non-hydrogen) atoms. The van der Waals surface area contributed by atoms with Crippen molar-refractivity contribution in [1.82, 2.24) is 19.8 Å². The first-order chi connectivity index (χ1) is 10.1. The standard InChI is InChI=1S/C15H24N4OS.2ClH/c1-18-12(9-17-14(18)21-2)10-19-11-15(4-3-13(19)20)5-7-16-8-6-15;;/h9,16H,3-8,10-11H2,1-2H3;2*1H. The van der Waals surface area contributed by atoms with Crippen molar-refractivity contribution in [2.75, 3.05) is 25.9 Å².